The van der Waals surface area contributed by atoms with E-state index in [2.05, 4.69) is 33.4 Å². The van der Waals surface area contributed by atoms with Gasteiger partial charge in [0.05, 0.1) is 0 Å². The van der Waals surface area contributed by atoms with Crippen molar-refractivity contribution in [2.45, 2.75) is 97.8 Å². The zero-order valence-corrected chi connectivity index (χ0v) is 18.0. The summed E-state index contributed by atoms with van der Waals surface area (Å²) in [4.78, 5) is 0. The zero-order chi connectivity index (χ0) is 17.7. The normalized spacial score (nSPS) is 50.6. The number of fused-ring (bicyclic) bond motifs is 5. The molecule has 1 heteroatoms. The van der Waals surface area contributed by atoms with Crippen LogP contribution in [0.15, 0.2) is 0 Å². The number of thiol groups is 1. The molecule has 0 bridgehead atoms. The van der Waals surface area contributed by atoms with Gasteiger partial charge in [0.15, 0.2) is 0 Å². The SMILES string of the molecule is CC(CCCS)C1CCC2C3CCC4CCCCC4(C)C3CCC12C. The Labute approximate surface area is 162 Å². The Kier molecular flexibility index (Phi) is 5.28. The van der Waals surface area contributed by atoms with Crippen molar-refractivity contribution in [1.82, 2.24) is 0 Å². The smallest absolute Gasteiger partial charge is 0.00978 e. The second-order valence-electron chi connectivity index (χ2n) is 11.0. The topological polar surface area (TPSA) is 0 Å². The first-order valence-electron chi connectivity index (χ1n) is 11.6. The maximum absolute atomic E-state index is 4.47. The molecule has 0 aromatic rings. The molecule has 0 radical (unpaired) electrons. The van der Waals surface area contributed by atoms with Crippen LogP contribution in [-0.2, 0) is 0 Å². The van der Waals surface area contributed by atoms with Crippen molar-refractivity contribution >= 4 is 12.6 Å². The quantitative estimate of drug-likeness (QED) is 0.495. The zero-order valence-electron chi connectivity index (χ0n) is 17.1. The van der Waals surface area contributed by atoms with E-state index in [4.69, 9.17) is 0 Å². The monoisotopic (exact) mass is 362 g/mol. The summed E-state index contributed by atoms with van der Waals surface area (Å²) in [7, 11) is 0. The predicted molar refractivity (Wildman–Crippen MR) is 112 cm³/mol. The fourth-order valence-corrected chi connectivity index (χ4v) is 9.07. The molecule has 0 aromatic heterocycles. The molecule has 0 heterocycles. The van der Waals surface area contributed by atoms with Gasteiger partial charge in [-0.2, -0.15) is 12.6 Å². The van der Waals surface area contributed by atoms with Gasteiger partial charge in [-0.25, -0.2) is 0 Å². The Hall–Kier alpha value is 0.350. The molecule has 0 N–H and O–H groups in total. The summed E-state index contributed by atoms with van der Waals surface area (Å²) in [5.41, 5.74) is 1.37. The lowest BCUT2D eigenvalue weighted by Crippen LogP contribution is -2.53. The lowest BCUT2D eigenvalue weighted by Gasteiger charge is -2.61. The first-order chi connectivity index (χ1) is 12.0. The second-order valence-corrected chi connectivity index (χ2v) is 11.4. The van der Waals surface area contributed by atoms with E-state index in [0.717, 1.165) is 41.3 Å². The van der Waals surface area contributed by atoms with E-state index in [1.807, 2.05) is 0 Å². The van der Waals surface area contributed by atoms with Crippen LogP contribution in [0.3, 0.4) is 0 Å². The van der Waals surface area contributed by atoms with Crippen LogP contribution >= 0.6 is 12.6 Å². The van der Waals surface area contributed by atoms with Gasteiger partial charge < -0.3 is 0 Å². The van der Waals surface area contributed by atoms with Crippen LogP contribution in [0, 0.1) is 46.3 Å². The van der Waals surface area contributed by atoms with Crippen LogP contribution in [0.2, 0.25) is 0 Å². The molecular formula is C24H42S. The maximum atomic E-state index is 4.47. The highest BCUT2D eigenvalue weighted by molar-refractivity contribution is 7.80. The molecule has 0 saturated heterocycles. The van der Waals surface area contributed by atoms with Crippen LogP contribution in [0.5, 0.6) is 0 Å². The van der Waals surface area contributed by atoms with Crippen LogP contribution in [-0.4, -0.2) is 5.75 Å². The van der Waals surface area contributed by atoms with E-state index in [-0.39, 0.29) is 0 Å². The summed E-state index contributed by atoms with van der Waals surface area (Å²) >= 11 is 4.47. The van der Waals surface area contributed by atoms with Gasteiger partial charge in [-0.1, -0.05) is 33.6 Å². The minimum Gasteiger partial charge on any atom is -0.179 e. The van der Waals surface area contributed by atoms with E-state index < -0.39 is 0 Å². The van der Waals surface area contributed by atoms with Gasteiger partial charge in [0.1, 0.15) is 0 Å². The lowest BCUT2D eigenvalue weighted by atomic mass is 9.44. The molecule has 4 aliphatic carbocycles. The lowest BCUT2D eigenvalue weighted by molar-refractivity contribution is -0.114. The molecule has 0 aromatic carbocycles. The van der Waals surface area contributed by atoms with Crippen LogP contribution in [0.4, 0.5) is 0 Å². The van der Waals surface area contributed by atoms with Crippen molar-refractivity contribution in [2.24, 2.45) is 46.3 Å². The third kappa shape index (κ3) is 2.94. The first kappa shape index (κ1) is 18.7. The Morgan fingerprint density at radius 2 is 1.68 bits per heavy atom. The van der Waals surface area contributed by atoms with E-state index in [1.165, 1.54) is 38.5 Å². The second kappa shape index (κ2) is 7.06. The van der Waals surface area contributed by atoms with Crippen LogP contribution < -0.4 is 0 Å². The average molecular weight is 363 g/mol. The summed E-state index contributed by atoms with van der Waals surface area (Å²) in [6, 6.07) is 0. The summed E-state index contributed by atoms with van der Waals surface area (Å²) in [6.07, 6.45) is 18.1. The number of hydrogen-bond acceptors (Lipinski definition) is 1. The average Bonchev–Trinajstić information content (AvgIpc) is 2.96. The van der Waals surface area contributed by atoms with E-state index in [9.17, 15) is 0 Å². The summed E-state index contributed by atoms with van der Waals surface area (Å²) in [5.74, 6) is 7.24. The number of hydrogen-bond donors (Lipinski definition) is 1. The molecule has 4 rings (SSSR count). The molecule has 0 aliphatic heterocycles. The van der Waals surface area contributed by atoms with Crippen molar-refractivity contribution < 1.29 is 0 Å². The summed E-state index contributed by atoms with van der Waals surface area (Å²) < 4.78 is 0. The fraction of sp³-hybridized carbons (Fsp3) is 1.00. The van der Waals surface area contributed by atoms with Gasteiger partial charge >= 0.3 is 0 Å². The summed E-state index contributed by atoms with van der Waals surface area (Å²) in [6.45, 7) is 8.00. The molecule has 8 unspecified atom stereocenters. The molecule has 0 nitrogen and oxygen atoms in total. The minimum absolute atomic E-state index is 0.662. The Morgan fingerprint density at radius 1 is 0.880 bits per heavy atom. The third-order valence-electron chi connectivity index (χ3n) is 10.2. The van der Waals surface area contributed by atoms with Gasteiger partial charge in [0.25, 0.3) is 0 Å². The van der Waals surface area contributed by atoms with E-state index in [1.54, 1.807) is 38.5 Å². The van der Waals surface area contributed by atoms with E-state index >= 15 is 0 Å². The van der Waals surface area contributed by atoms with Crippen molar-refractivity contribution in [1.29, 1.82) is 0 Å². The highest BCUT2D eigenvalue weighted by Crippen LogP contribution is 2.68. The maximum Gasteiger partial charge on any atom is -0.00978 e. The summed E-state index contributed by atoms with van der Waals surface area (Å²) in [5, 5.41) is 0. The van der Waals surface area contributed by atoms with Crippen molar-refractivity contribution in [3.63, 3.8) is 0 Å². The van der Waals surface area contributed by atoms with Crippen LogP contribution in [0.1, 0.15) is 97.8 Å². The van der Waals surface area contributed by atoms with Crippen LogP contribution in [0.25, 0.3) is 0 Å². The fourth-order valence-electron chi connectivity index (χ4n) is 8.88. The molecule has 4 fully saturated rings. The Bertz CT molecular complexity index is 473. The van der Waals surface area contributed by atoms with Gasteiger partial charge in [-0.15, -0.1) is 0 Å². The van der Waals surface area contributed by atoms with Crippen molar-refractivity contribution in [3.8, 4) is 0 Å². The van der Waals surface area contributed by atoms with Gasteiger partial charge in [0.2, 0.25) is 0 Å². The molecule has 0 spiro atoms. The van der Waals surface area contributed by atoms with Gasteiger partial charge in [-0.3, -0.25) is 0 Å². The Morgan fingerprint density at radius 3 is 2.48 bits per heavy atom. The molecule has 4 aliphatic rings. The Balaban J connectivity index is 1.53. The molecule has 0 amide bonds. The minimum atomic E-state index is 0.662. The standard InChI is InChI=1S/C24H42S/c1-17(7-6-16-25)20-11-12-21-19-10-9-18-8-4-5-14-23(18,2)22(19)13-15-24(20,21)3/h17-22,25H,4-16H2,1-3H3. The molecule has 4 saturated carbocycles. The van der Waals surface area contributed by atoms with Crippen molar-refractivity contribution in [2.75, 3.05) is 5.75 Å². The van der Waals surface area contributed by atoms with E-state index in [0.29, 0.717) is 10.8 Å². The highest BCUT2D eigenvalue weighted by Gasteiger charge is 2.59. The first-order valence-corrected chi connectivity index (χ1v) is 12.2. The molecule has 144 valence electrons. The third-order valence-corrected chi connectivity index (χ3v) is 10.5. The van der Waals surface area contributed by atoms with Gasteiger partial charge in [0, 0.05) is 0 Å². The predicted octanol–water partition coefficient (Wildman–Crippen LogP) is 7.38. The molecule has 8 atom stereocenters. The highest BCUT2D eigenvalue weighted by atomic mass is 32.1. The largest absolute Gasteiger partial charge is 0.179 e. The van der Waals surface area contributed by atoms with Crippen molar-refractivity contribution in [3.05, 3.63) is 0 Å². The van der Waals surface area contributed by atoms with Gasteiger partial charge in [-0.05, 0) is 116 Å². The molecular weight excluding hydrogens is 320 g/mol. The number of rotatable bonds is 4. The molecule has 25 heavy (non-hydrogen) atoms.